The summed E-state index contributed by atoms with van der Waals surface area (Å²) in [6.45, 7) is -0.834. The second-order valence-corrected chi connectivity index (χ2v) is 4.60. The van der Waals surface area contributed by atoms with Crippen molar-refractivity contribution in [2.75, 3.05) is 13.2 Å². The van der Waals surface area contributed by atoms with Crippen LogP contribution < -0.4 is 10.6 Å². The molecule has 1 atom stereocenters. The van der Waals surface area contributed by atoms with Crippen molar-refractivity contribution in [1.82, 2.24) is 20.8 Å². The Balaban J connectivity index is 2.47. The summed E-state index contributed by atoms with van der Waals surface area (Å²) in [5.41, 5.74) is -2.10. The quantitative estimate of drug-likeness (QED) is 0.697. The van der Waals surface area contributed by atoms with Gasteiger partial charge in [-0.1, -0.05) is 0 Å². The molecule has 0 fully saturated rings. The predicted octanol–water partition coefficient (Wildman–Crippen LogP) is 1.84. The third kappa shape index (κ3) is 6.34. The lowest BCUT2D eigenvalue weighted by Crippen LogP contribution is -2.43. The topological polar surface area (TPSA) is 96.1 Å². The molecule has 0 aliphatic heterocycles. The number of carbonyl (C=O) groups excluding carboxylic acids is 2. The maximum Gasteiger partial charge on any atom is 0.433 e. The zero-order valence-corrected chi connectivity index (χ0v) is 12.0. The molecular weight excluding hydrogens is 350 g/mol. The van der Waals surface area contributed by atoms with E-state index in [2.05, 4.69) is 15.2 Å². The molecule has 0 aliphatic rings. The largest absolute Gasteiger partial charge is 0.440 e. The molecule has 3 N–H and O–H groups in total. The standard InChI is InChI=1S/C11H12F6N4O3/c1-5(20-9(23)24-4-10(12,13)14)2-18-8(22)6-3-19-21-7(6)11(15,16)17/h3,5H,2,4H2,1H3,(H,18,22)(H,19,21)(H,20,23). The number of carbonyl (C=O) groups is 2. The second kappa shape index (κ2) is 7.40. The van der Waals surface area contributed by atoms with Crippen molar-refractivity contribution >= 4 is 12.0 Å². The number of nitrogens with one attached hydrogen (secondary N) is 3. The number of hydrogen-bond acceptors (Lipinski definition) is 4. The van der Waals surface area contributed by atoms with Crippen molar-refractivity contribution in [2.45, 2.75) is 25.3 Å². The van der Waals surface area contributed by atoms with E-state index in [0.717, 1.165) is 0 Å². The van der Waals surface area contributed by atoms with E-state index < -0.39 is 48.3 Å². The molecule has 7 nitrogen and oxygen atoms in total. The van der Waals surface area contributed by atoms with Gasteiger partial charge in [-0.2, -0.15) is 31.4 Å². The number of alkyl carbamates (subject to hydrolysis) is 1. The van der Waals surface area contributed by atoms with E-state index >= 15 is 0 Å². The highest BCUT2D eigenvalue weighted by Gasteiger charge is 2.37. The van der Waals surface area contributed by atoms with Crippen LogP contribution in [0.3, 0.4) is 0 Å². The molecule has 2 amide bonds. The maximum atomic E-state index is 12.6. The van der Waals surface area contributed by atoms with Gasteiger partial charge in [-0.25, -0.2) is 4.79 Å². The van der Waals surface area contributed by atoms with E-state index in [1.54, 1.807) is 5.10 Å². The number of rotatable bonds is 5. The number of amides is 2. The highest BCUT2D eigenvalue weighted by atomic mass is 19.4. The molecule has 0 saturated heterocycles. The third-order valence-corrected chi connectivity index (χ3v) is 2.47. The first-order chi connectivity index (χ1) is 10.9. The van der Waals surface area contributed by atoms with Gasteiger partial charge in [-0.05, 0) is 6.92 Å². The monoisotopic (exact) mass is 362 g/mol. The third-order valence-electron chi connectivity index (χ3n) is 2.47. The predicted molar refractivity (Wildman–Crippen MR) is 65.9 cm³/mol. The first kappa shape index (κ1) is 19.6. The Morgan fingerprint density at radius 2 is 1.92 bits per heavy atom. The highest BCUT2D eigenvalue weighted by Crippen LogP contribution is 2.29. The van der Waals surface area contributed by atoms with E-state index in [1.165, 1.54) is 6.92 Å². The molecule has 1 aromatic rings. The van der Waals surface area contributed by atoms with Crippen LogP contribution in [0.2, 0.25) is 0 Å². The summed E-state index contributed by atoms with van der Waals surface area (Å²) in [4.78, 5) is 22.7. The van der Waals surface area contributed by atoms with Crippen molar-refractivity contribution in [1.29, 1.82) is 0 Å². The van der Waals surface area contributed by atoms with Crippen LogP contribution in [0.1, 0.15) is 23.0 Å². The minimum Gasteiger partial charge on any atom is -0.440 e. The van der Waals surface area contributed by atoms with Gasteiger partial charge in [0.05, 0.1) is 11.8 Å². The first-order valence-corrected chi connectivity index (χ1v) is 6.29. The molecule has 13 heteroatoms. The van der Waals surface area contributed by atoms with Crippen LogP contribution in [0.5, 0.6) is 0 Å². The maximum absolute atomic E-state index is 12.6. The van der Waals surface area contributed by atoms with Gasteiger partial charge in [0, 0.05) is 12.6 Å². The molecular formula is C11H12F6N4O3. The summed E-state index contributed by atoms with van der Waals surface area (Å²) in [7, 11) is 0. The minimum atomic E-state index is -4.81. The van der Waals surface area contributed by atoms with Crippen LogP contribution in [0, 0.1) is 0 Å². The lowest BCUT2D eigenvalue weighted by Gasteiger charge is -2.15. The van der Waals surface area contributed by atoms with Gasteiger partial charge in [0.25, 0.3) is 5.91 Å². The fraction of sp³-hybridized carbons (Fsp3) is 0.545. The number of aromatic amines is 1. The molecule has 0 aliphatic carbocycles. The van der Waals surface area contributed by atoms with E-state index in [9.17, 15) is 35.9 Å². The van der Waals surface area contributed by atoms with Crippen molar-refractivity contribution in [3.05, 3.63) is 17.5 Å². The van der Waals surface area contributed by atoms with Gasteiger partial charge in [-0.15, -0.1) is 0 Å². The number of nitrogens with zero attached hydrogens (tertiary/aromatic N) is 1. The first-order valence-electron chi connectivity index (χ1n) is 6.29. The summed E-state index contributed by atoms with van der Waals surface area (Å²) in [5.74, 6) is -1.12. The number of alkyl halides is 6. The summed E-state index contributed by atoms with van der Waals surface area (Å²) in [5, 5.41) is 8.84. The zero-order chi connectivity index (χ0) is 18.5. The van der Waals surface area contributed by atoms with Gasteiger partial charge < -0.3 is 15.4 Å². The molecule has 1 rings (SSSR count). The second-order valence-electron chi connectivity index (χ2n) is 4.60. The van der Waals surface area contributed by atoms with E-state index in [4.69, 9.17) is 0 Å². The molecule has 24 heavy (non-hydrogen) atoms. The summed E-state index contributed by atoms with van der Waals surface area (Å²) < 4.78 is 77.1. The Bertz CT molecular complexity index is 583. The normalized spacial score (nSPS) is 13.3. The Kier molecular flexibility index (Phi) is 6.04. The van der Waals surface area contributed by atoms with Gasteiger partial charge >= 0.3 is 18.4 Å². The zero-order valence-electron chi connectivity index (χ0n) is 12.0. The smallest absolute Gasteiger partial charge is 0.433 e. The SMILES string of the molecule is CC(CNC(=O)c1cn[nH]c1C(F)(F)F)NC(=O)OCC(F)(F)F. The Morgan fingerprint density at radius 1 is 1.29 bits per heavy atom. The average molecular weight is 362 g/mol. The van der Waals surface area contributed by atoms with Gasteiger partial charge in [0.15, 0.2) is 12.3 Å². The van der Waals surface area contributed by atoms with Crippen molar-refractivity contribution in [3.8, 4) is 0 Å². The molecule has 0 spiro atoms. The summed E-state index contributed by atoms with van der Waals surface area (Å²) >= 11 is 0. The fourth-order valence-electron chi connectivity index (χ4n) is 1.46. The van der Waals surface area contributed by atoms with Gasteiger partial charge in [0.2, 0.25) is 0 Å². The van der Waals surface area contributed by atoms with Crippen LogP contribution in [0.4, 0.5) is 31.1 Å². The minimum absolute atomic E-state index is 0.345. The van der Waals surface area contributed by atoms with E-state index in [1.807, 2.05) is 5.32 Å². The molecule has 1 heterocycles. The van der Waals surface area contributed by atoms with Gasteiger partial charge in [0.1, 0.15) is 0 Å². The number of hydrogen-bond donors (Lipinski definition) is 3. The highest BCUT2D eigenvalue weighted by molar-refractivity contribution is 5.95. The Morgan fingerprint density at radius 3 is 2.46 bits per heavy atom. The van der Waals surface area contributed by atoms with Crippen LogP contribution in [0.15, 0.2) is 6.20 Å². The molecule has 0 aromatic carbocycles. The molecule has 0 bridgehead atoms. The van der Waals surface area contributed by atoms with Crippen molar-refractivity contribution in [2.24, 2.45) is 0 Å². The number of H-pyrrole nitrogens is 1. The van der Waals surface area contributed by atoms with E-state index in [0.29, 0.717) is 6.20 Å². The van der Waals surface area contributed by atoms with Gasteiger partial charge in [-0.3, -0.25) is 9.89 Å². The van der Waals surface area contributed by atoms with Crippen LogP contribution >= 0.6 is 0 Å². The van der Waals surface area contributed by atoms with Crippen LogP contribution in [-0.4, -0.2) is 47.6 Å². The average Bonchev–Trinajstić information content (AvgIpc) is 2.91. The lowest BCUT2D eigenvalue weighted by molar-refractivity contribution is -0.160. The molecule has 0 radical (unpaired) electrons. The number of halogens is 6. The Labute approximate surface area is 130 Å². The number of ether oxygens (including phenoxy) is 1. The van der Waals surface area contributed by atoms with E-state index in [-0.39, 0.29) is 6.54 Å². The van der Waals surface area contributed by atoms with Crippen LogP contribution in [0.25, 0.3) is 0 Å². The van der Waals surface area contributed by atoms with Crippen LogP contribution in [-0.2, 0) is 10.9 Å². The summed E-state index contributed by atoms with van der Waals surface area (Å²) in [6.07, 6.45) is -10.2. The Hall–Kier alpha value is -2.47. The van der Waals surface area contributed by atoms with Crippen molar-refractivity contribution in [3.63, 3.8) is 0 Å². The van der Waals surface area contributed by atoms with Crippen molar-refractivity contribution < 1.29 is 40.7 Å². The summed E-state index contributed by atoms with van der Waals surface area (Å²) in [6, 6.07) is -0.893. The fourth-order valence-corrected chi connectivity index (χ4v) is 1.46. The molecule has 1 unspecified atom stereocenters. The molecule has 0 saturated carbocycles. The molecule has 136 valence electrons. The number of aromatic nitrogens is 2. The molecule has 1 aromatic heterocycles. The lowest BCUT2D eigenvalue weighted by atomic mass is 10.2.